The molecule has 0 unspecified atom stereocenters. The van der Waals surface area contributed by atoms with E-state index in [1.807, 2.05) is 91.0 Å². The largest absolute Gasteiger partial charge is 0.308 e. The van der Waals surface area contributed by atoms with Crippen molar-refractivity contribution >= 4 is 21.8 Å². The zero-order valence-electron chi connectivity index (χ0n) is 23.8. The van der Waals surface area contributed by atoms with Gasteiger partial charge in [0.1, 0.15) is 0 Å². The molecule has 0 atom stereocenters. The van der Waals surface area contributed by atoms with Gasteiger partial charge in [-0.3, -0.25) is 4.98 Å². The van der Waals surface area contributed by atoms with Gasteiger partial charge in [-0.1, -0.05) is 72.8 Å². The minimum atomic E-state index is 0.539. The average Bonchev–Trinajstić information content (AvgIpc) is 3.43. The molecule has 7 aromatic rings. The zero-order valence-corrected chi connectivity index (χ0v) is 23.8. The maximum Gasteiger partial charge on any atom is 0.0998 e. The van der Waals surface area contributed by atoms with Gasteiger partial charge in [0.15, 0.2) is 0 Å². The lowest BCUT2D eigenvalue weighted by atomic mass is 9.96. The predicted molar refractivity (Wildman–Crippen MR) is 174 cm³/mol. The van der Waals surface area contributed by atoms with Gasteiger partial charge in [-0.15, -0.1) is 0 Å². The number of aryl methyl sites for hydroxylation is 1. The van der Waals surface area contributed by atoms with E-state index in [1.54, 1.807) is 12.4 Å². The highest BCUT2D eigenvalue weighted by atomic mass is 15.0. The van der Waals surface area contributed by atoms with Crippen molar-refractivity contribution in [2.24, 2.45) is 0 Å². The Morgan fingerprint density at radius 2 is 1.02 bits per heavy atom. The first-order chi connectivity index (χ1) is 21.6. The Labute approximate surface area is 254 Å². The summed E-state index contributed by atoms with van der Waals surface area (Å²) in [5, 5.41) is 32.5. The minimum Gasteiger partial charge on any atom is -0.308 e. The Kier molecular flexibility index (Phi) is 6.44. The summed E-state index contributed by atoms with van der Waals surface area (Å²) in [6, 6.07) is 42.5. The van der Waals surface area contributed by atoms with Crippen molar-refractivity contribution < 1.29 is 0 Å². The number of fused-ring (bicyclic) bond motifs is 3. The molecule has 0 bridgehead atoms. The van der Waals surface area contributed by atoms with Gasteiger partial charge in [-0.25, -0.2) is 0 Å². The van der Waals surface area contributed by atoms with Crippen LogP contribution in [0, 0.1) is 40.9 Å². The molecule has 0 aliphatic rings. The maximum absolute atomic E-state index is 10.4. The van der Waals surface area contributed by atoms with E-state index in [2.05, 4.69) is 52.9 Å². The molecular weight excluding hydrogens is 538 g/mol. The molecule has 0 saturated heterocycles. The van der Waals surface area contributed by atoms with Crippen LogP contribution in [0.2, 0.25) is 0 Å². The number of nitriles is 3. The summed E-state index contributed by atoms with van der Waals surface area (Å²) in [5.74, 6) is 0. The highest BCUT2D eigenvalue weighted by Crippen LogP contribution is 2.44. The van der Waals surface area contributed by atoms with Gasteiger partial charge in [0.05, 0.1) is 51.6 Å². The Morgan fingerprint density at radius 1 is 0.523 bits per heavy atom. The van der Waals surface area contributed by atoms with Crippen LogP contribution in [0.25, 0.3) is 60.9 Å². The van der Waals surface area contributed by atoms with Gasteiger partial charge in [-0.05, 0) is 60.0 Å². The van der Waals surface area contributed by atoms with Gasteiger partial charge in [0.25, 0.3) is 0 Å². The number of nitrogens with zero attached hydrogens (tertiary/aromatic N) is 5. The normalized spacial score (nSPS) is 10.8. The average molecular weight is 562 g/mol. The van der Waals surface area contributed by atoms with E-state index >= 15 is 0 Å². The van der Waals surface area contributed by atoms with Crippen LogP contribution in [-0.4, -0.2) is 9.55 Å². The van der Waals surface area contributed by atoms with Crippen molar-refractivity contribution in [2.75, 3.05) is 0 Å². The lowest BCUT2D eigenvalue weighted by Crippen LogP contribution is -2.02. The second-order valence-corrected chi connectivity index (χ2v) is 10.6. The van der Waals surface area contributed by atoms with Gasteiger partial charge >= 0.3 is 0 Å². The fourth-order valence-corrected chi connectivity index (χ4v) is 6.22. The summed E-state index contributed by atoms with van der Waals surface area (Å²) >= 11 is 0. The number of benzene rings is 5. The molecule has 204 valence electrons. The molecule has 5 heteroatoms. The number of hydrogen-bond donors (Lipinski definition) is 0. The van der Waals surface area contributed by atoms with Crippen LogP contribution in [0.15, 0.2) is 122 Å². The molecule has 44 heavy (non-hydrogen) atoms. The molecule has 0 fully saturated rings. The quantitative estimate of drug-likeness (QED) is 0.214. The Morgan fingerprint density at radius 3 is 1.55 bits per heavy atom. The van der Waals surface area contributed by atoms with Crippen molar-refractivity contribution in [3.8, 4) is 57.3 Å². The molecule has 2 aromatic heterocycles. The minimum absolute atomic E-state index is 0.539. The van der Waals surface area contributed by atoms with Crippen molar-refractivity contribution in [2.45, 2.75) is 6.92 Å². The number of pyridine rings is 1. The lowest BCUT2D eigenvalue weighted by molar-refractivity contribution is 1.15. The first-order valence-electron chi connectivity index (χ1n) is 14.1. The van der Waals surface area contributed by atoms with E-state index in [0.717, 1.165) is 66.4 Å². The van der Waals surface area contributed by atoms with Crippen molar-refractivity contribution in [3.63, 3.8) is 0 Å². The van der Waals surface area contributed by atoms with Crippen LogP contribution >= 0.6 is 0 Å². The van der Waals surface area contributed by atoms with Crippen molar-refractivity contribution in [1.29, 1.82) is 15.8 Å². The molecule has 0 N–H and O–H groups in total. The van der Waals surface area contributed by atoms with E-state index in [9.17, 15) is 15.8 Å². The van der Waals surface area contributed by atoms with Crippen LogP contribution < -0.4 is 0 Å². The molecule has 0 aliphatic heterocycles. The summed E-state index contributed by atoms with van der Waals surface area (Å²) in [5.41, 5.74) is 10.6. The topological polar surface area (TPSA) is 89.2 Å². The number of hydrogen-bond acceptors (Lipinski definition) is 4. The smallest absolute Gasteiger partial charge is 0.0998 e. The second kappa shape index (κ2) is 10.7. The van der Waals surface area contributed by atoms with Gasteiger partial charge in [-0.2, -0.15) is 15.8 Å². The predicted octanol–water partition coefficient (Wildman–Crippen LogP) is 9.10. The molecular formula is C39H23N5. The third-order valence-electron chi connectivity index (χ3n) is 8.17. The van der Waals surface area contributed by atoms with Crippen LogP contribution in [0.3, 0.4) is 0 Å². The number of para-hydroxylation sites is 2. The van der Waals surface area contributed by atoms with Crippen LogP contribution in [0.4, 0.5) is 0 Å². The first-order valence-corrected chi connectivity index (χ1v) is 14.1. The van der Waals surface area contributed by atoms with E-state index in [-0.39, 0.29) is 0 Å². The highest BCUT2D eigenvalue weighted by molar-refractivity contribution is 6.17. The van der Waals surface area contributed by atoms with Gasteiger partial charge in [0, 0.05) is 45.4 Å². The van der Waals surface area contributed by atoms with Crippen molar-refractivity contribution in [3.05, 3.63) is 144 Å². The maximum atomic E-state index is 10.4. The molecule has 0 radical (unpaired) electrons. The van der Waals surface area contributed by atoms with Crippen LogP contribution in [0.1, 0.15) is 22.3 Å². The number of rotatable bonds is 4. The van der Waals surface area contributed by atoms with E-state index in [1.165, 1.54) is 0 Å². The second-order valence-electron chi connectivity index (χ2n) is 10.6. The summed E-state index contributed by atoms with van der Waals surface area (Å²) < 4.78 is 2.21. The summed E-state index contributed by atoms with van der Waals surface area (Å²) in [6.07, 6.45) is 3.45. The molecule has 2 heterocycles. The zero-order chi connectivity index (χ0) is 30.2. The fraction of sp³-hybridized carbons (Fsp3) is 0.0256. The highest BCUT2D eigenvalue weighted by Gasteiger charge is 2.23. The number of aromatic nitrogens is 2. The van der Waals surface area contributed by atoms with Crippen LogP contribution in [-0.2, 0) is 0 Å². The fourth-order valence-electron chi connectivity index (χ4n) is 6.22. The van der Waals surface area contributed by atoms with E-state index in [4.69, 9.17) is 0 Å². The van der Waals surface area contributed by atoms with Gasteiger partial charge in [0.2, 0.25) is 0 Å². The van der Waals surface area contributed by atoms with E-state index < -0.39 is 0 Å². The standard InChI is InChI=1S/C39H23N5/c1-25-20-36(26-16-18-43-19-17-26)29(24-42)21-37(25)44-38-32(30-10-4-2-8-27(30)22-40)12-6-14-34(38)35-15-7-13-33(39(35)44)31-11-5-3-9-28(31)23-41/h2-21H,1H3. The molecule has 0 spiro atoms. The summed E-state index contributed by atoms with van der Waals surface area (Å²) in [7, 11) is 0. The Balaban J connectivity index is 1.68. The van der Waals surface area contributed by atoms with Gasteiger partial charge < -0.3 is 4.57 Å². The molecule has 7 rings (SSSR count). The molecule has 5 nitrogen and oxygen atoms in total. The van der Waals surface area contributed by atoms with Crippen LogP contribution in [0.5, 0.6) is 0 Å². The Hall–Kier alpha value is -6.48. The van der Waals surface area contributed by atoms with Crippen molar-refractivity contribution in [1.82, 2.24) is 9.55 Å². The summed E-state index contributed by atoms with van der Waals surface area (Å²) in [6.45, 7) is 2.05. The monoisotopic (exact) mass is 561 g/mol. The third kappa shape index (κ3) is 4.11. The first kappa shape index (κ1) is 26.4. The third-order valence-corrected chi connectivity index (χ3v) is 8.17. The molecule has 5 aromatic carbocycles. The summed E-state index contributed by atoms with van der Waals surface area (Å²) in [4.78, 5) is 4.15. The molecule has 0 saturated carbocycles. The Bertz CT molecular complexity index is 2260. The van der Waals surface area contributed by atoms with E-state index in [0.29, 0.717) is 16.7 Å². The molecule has 0 aliphatic carbocycles. The SMILES string of the molecule is Cc1cc(-c2ccncc2)c(C#N)cc1-n1c2c(-c3ccccc3C#N)cccc2c2cccc(-c3ccccc3C#N)c21. The molecule has 0 amide bonds. The lowest BCUT2D eigenvalue weighted by Gasteiger charge is -2.18.